The van der Waals surface area contributed by atoms with E-state index in [0.29, 0.717) is 18.8 Å². The molecule has 0 saturated carbocycles. The van der Waals surface area contributed by atoms with Crippen LogP contribution in [0.5, 0.6) is 0 Å². The number of carbonyl (C=O) groups excluding carboxylic acids is 1. The molecular formula is C38H47N3O2P2. The summed E-state index contributed by atoms with van der Waals surface area (Å²) in [5.74, 6) is 0. The number of carbonyl (C=O) groups is 1. The number of hydrogen-bond donors (Lipinski definition) is 0. The maximum Gasteiger partial charge on any atom is 0.410 e. The molecule has 1 heterocycles. The fourth-order valence-electron chi connectivity index (χ4n) is 6.04. The van der Waals surface area contributed by atoms with Crippen LogP contribution in [-0.2, 0) is 4.74 Å². The Morgan fingerprint density at radius 1 is 0.733 bits per heavy atom. The largest absolute Gasteiger partial charge is 0.449 e. The molecule has 0 spiro atoms. The normalized spacial score (nSPS) is 16.3. The molecule has 1 aliphatic heterocycles. The second-order valence-electron chi connectivity index (χ2n) is 12.1. The minimum absolute atomic E-state index is 0.0998. The van der Waals surface area contributed by atoms with Crippen molar-refractivity contribution in [2.45, 2.75) is 37.9 Å². The van der Waals surface area contributed by atoms with Crippen molar-refractivity contribution in [1.82, 2.24) is 4.90 Å². The summed E-state index contributed by atoms with van der Waals surface area (Å²) in [7, 11) is 6.95. The summed E-state index contributed by atoms with van der Waals surface area (Å²) in [4.78, 5) is 20.1. The predicted octanol–water partition coefficient (Wildman–Crippen LogP) is 6.76. The zero-order chi connectivity index (χ0) is 31.8. The van der Waals surface area contributed by atoms with Gasteiger partial charge in [0.15, 0.2) is 0 Å². The Hall–Kier alpha value is -3.39. The van der Waals surface area contributed by atoms with E-state index in [1.807, 2.05) is 0 Å². The van der Waals surface area contributed by atoms with E-state index < -0.39 is 15.8 Å². The Morgan fingerprint density at radius 3 is 1.67 bits per heavy atom. The van der Waals surface area contributed by atoms with E-state index in [9.17, 15) is 4.79 Å². The summed E-state index contributed by atoms with van der Waals surface area (Å²) in [6.07, 6.45) is 3.61. The predicted molar refractivity (Wildman–Crippen MR) is 197 cm³/mol. The van der Waals surface area contributed by atoms with Crippen LogP contribution in [-0.4, -0.2) is 70.2 Å². The molecule has 1 saturated heterocycles. The van der Waals surface area contributed by atoms with E-state index >= 15 is 0 Å². The first-order valence-electron chi connectivity index (χ1n) is 16.0. The molecule has 0 aromatic heterocycles. The van der Waals surface area contributed by atoms with E-state index in [2.05, 4.69) is 159 Å². The number of rotatable bonds is 12. The highest BCUT2D eigenvalue weighted by Gasteiger charge is 2.42. The first-order valence-corrected chi connectivity index (χ1v) is 18.9. The van der Waals surface area contributed by atoms with Crippen molar-refractivity contribution in [3.8, 4) is 0 Å². The summed E-state index contributed by atoms with van der Waals surface area (Å²) >= 11 is 0. The smallest absolute Gasteiger partial charge is 0.410 e. The van der Waals surface area contributed by atoms with Crippen LogP contribution in [0.25, 0.3) is 0 Å². The van der Waals surface area contributed by atoms with Crippen molar-refractivity contribution >= 4 is 54.5 Å². The van der Waals surface area contributed by atoms with Gasteiger partial charge in [0, 0.05) is 57.8 Å². The fraction of sp³-hybridized carbons (Fsp3) is 0.342. The van der Waals surface area contributed by atoms with Gasteiger partial charge in [0.25, 0.3) is 0 Å². The summed E-state index contributed by atoms with van der Waals surface area (Å²) in [6.45, 7) is 3.31. The SMILES string of the molecule is CCCCOC(=O)N1CC(P(c2ccc(N(C)C)cc2)c2ccc(N(C)C)cc2)CC1CP(c1ccccc1)c1ccccc1. The third kappa shape index (κ3) is 8.26. The van der Waals surface area contributed by atoms with Gasteiger partial charge in [-0.3, -0.25) is 0 Å². The van der Waals surface area contributed by atoms with Gasteiger partial charge in [0.05, 0.1) is 6.61 Å². The van der Waals surface area contributed by atoms with E-state index in [0.717, 1.165) is 25.4 Å². The van der Waals surface area contributed by atoms with Crippen LogP contribution < -0.4 is 31.0 Å². The molecule has 236 valence electrons. The standard InChI is InChI=1S/C38H47N3O2P2/c1-6-7-26-43-38(42)41-28-37(27-32(41)29-44(33-14-10-8-11-15-33)34-16-12-9-13-17-34)45(35-22-18-30(19-23-35)39(2)3)36-24-20-31(21-25-36)40(4)5/h8-25,32,37H,6-7,26-29H2,1-5H3. The number of unbranched alkanes of at least 4 members (excludes halogenated alkanes) is 1. The Bertz CT molecular complexity index is 1390. The molecule has 2 atom stereocenters. The third-order valence-electron chi connectivity index (χ3n) is 8.53. The minimum atomic E-state index is -0.722. The van der Waals surface area contributed by atoms with Crippen molar-refractivity contribution < 1.29 is 9.53 Å². The maximum absolute atomic E-state index is 13.8. The quantitative estimate of drug-likeness (QED) is 0.127. The summed E-state index contributed by atoms with van der Waals surface area (Å²) < 4.78 is 5.90. The van der Waals surface area contributed by atoms with Crippen LogP contribution in [0.2, 0.25) is 0 Å². The van der Waals surface area contributed by atoms with Gasteiger partial charge in [-0.1, -0.05) is 98.3 Å². The summed E-state index contributed by atoms with van der Waals surface area (Å²) in [5.41, 5.74) is 2.71. The van der Waals surface area contributed by atoms with Crippen LogP contribution in [0.3, 0.4) is 0 Å². The zero-order valence-corrected chi connectivity index (χ0v) is 29.1. The third-order valence-corrected chi connectivity index (χ3v) is 14.0. The lowest BCUT2D eigenvalue weighted by atomic mass is 10.2. The molecule has 7 heteroatoms. The fourth-order valence-corrected chi connectivity index (χ4v) is 11.5. The van der Waals surface area contributed by atoms with E-state index in [1.165, 1.54) is 32.6 Å². The van der Waals surface area contributed by atoms with Crippen LogP contribution in [0, 0.1) is 0 Å². The monoisotopic (exact) mass is 639 g/mol. The van der Waals surface area contributed by atoms with Gasteiger partial charge in [-0.15, -0.1) is 0 Å². The van der Waals surface area contributed by atoms with Crippen LogP contribution in [0.15, 0.2) is 109 Å². The molecule has 45 heavy (non-hydrogen) atoms. The first kappa shape index (κ1) is 33.0. The van der Waals surface area contributed by atoms with Crippen LogP contribution >= 0.6 is 15.8 Å². The Labute approximate surface area is 272 Å². The summed E-state index contributed by atoms with van der Waals surface area (Å²) in [5, 5.41) is 5.41. The Kier molecular flexibility index (Phi) is 11.5. The average Bonchev–Trinajstić information content (AvgIpc) is 3.48. The number of benzene rings is 4. The summed E-state index contributed by atoms with van der Waals surface area (Å²) in [6, 6.07) is 39.9. The second kappa shape index (κ2) is 15.7. The molecule has 0 bridgehead atoms. The number of anilines is 2. The molecule has 0 aliphatic carbocycles. The first-order chi connectivity index (χ1) is 21.9. The lowest BCUT2D eigenvalue weighted by Gasteiger charge is -2.28. The topological polar surface area (TPSA) is 36.0 Å². The molecule has 4 aromatic carbocycles. The molecule has 1 fully saturated rings. The van der Waals surface area contributed by atoms with Gasteiger partial charge < -0.3 is 19.4 Å². The Balaban J connectivity index is 1.52. The highest BCUT2D eigenvalue weighted by atomic mass is 31.1. The second-order valence-corrected chi connectivity index (χ2v) is 16.9. The number of ether oxygens (including phenoxy) is 1. The van der Waals surface area contributed by atoms with Crippen molar-refractivity contribution in [3.05, 3.63) is 109 Å². The van der Waals surface area contributed by atoms with Gasteiger partial charge in [0.2, 0.25) is 0 Å². The molecule has 1 aliphatic rings. The molecule has 5 rings (SSSR count). The van der Waals surface area contributed by atoms with Crippen molar-refractivity contribution in [3.63, 3.8) is 0 Å². The lowest BCUT2D eigenvalue weighted by Crippen LogP contribution is -2.39. The van der Waals surface area contributed by atoms with Gasteiger partial charge in [-0.05, 0) is 80.3 Å². The zero-order valence-electron chi connectivity index (χ0n) is 27.3. The van der Waals surface area contributed by atoms with Gasteiger partial charge >= 0.3 is 6.09 Å². The number of likely N-dealkylation sites (tertiary alicyclic amines) is 1. The average molecular weight is 640 g/mol. The van der Waals surface area contributed by atoms with Gasteiger partial charge in [-0.25, -0.2) is 4.79 Å². The van der Waals surface area contributed by atoms with E-state index in [1.54, 1.807) is 0 Å². The highest BCUT2D eigenvalue weighted by Crippen LogP contribution is 2.48. The molecule has 0 N–H and O–H groups in total. The number of hydrogen-bond acceptors (Lipinski definition) is 4. The molecule has 1 amide bonds. The van der Waals surface area contributed by atoms with Gasteiger partial charge in [-0.2, -0.15) is 0 Å². The van der Waals surface area contributed by atoms with Crippen LogP contribution in [0.4, 0.5) is 16.2 Å². The van der Waals surface area contributed by atoms with Gasteiger partial charge in [0.1, 0.15) is 0 Å². The molecule has 0 radical (unpaired) electrons. The molecular weight excluding hydrogens is 592 g/mol. The number of amides is 1. The molecule has 2 unspecified atom stereocenters. The van der Waals surface area contributed by atoms with Crippen LogP contribution in [0.1, 0.15) is 26.2 Å². The minimum Gasteiger partial charge on any atom is -0.449 e. The Morgan fingerprint density at radius 2 is 1.22 bits per heavy atom. The van der Waals surface area contributed by atoms with Crippen molar-refractivity contribution in [2.24, 2.45) is 0 Å². The lowest BCUT2D eigenvalue weighted by molar-refractivity contribution is 0.0998. The van der Waals surface area contributed by atoms with E-state index in [4.69, 9.17) is 4.74 Å². The van der Waals surface area contributed by atoms with Crippen molar-refractivity contribution in [2.75, 3.05) is 57.3 Å². The van der Waals surface area contributed by atoms with Crippen molar-refractivity contribution in [1.29, 1.82) is 0 Å². The van der Waals surface area contributed by atoms with E-state index in [-0.39, 0.29) is 12.1 Å². The maximum atomic E-state index is 13.8. The molecule has 4 aromatic rings. The number of nitrogens with zero attached hydrogens (tertiary/aromatic N) is 3. The highest BCUT2D eigenvalue weighted by molar-refractivity contribution is 7.74. The molecule has 5 nitrogen and oxygen atoms in total.